The van der Waals surface area contributed by atoms with E-state index >= 15 is 0 Å². The molecule has 1 saturated heterocycles. The summed E-state index contributed by atoms with van der Waals surface area (Å²) in [6.07, 6.45) is 2.56. The van der Waals surface area contributed by atoms with Crippen molar-refractivity contribution in [2.45, 2.75) is 19.5 Å². The van der Waals surface area contributed by atoms with Crippen LogP contribution in [0.1, 0.15) is 39.2 Å². The maximum Gasteiger partial charge on any atom is 0.255 e. The Morgan fingerprint density at radius 3 is 2.62 bits per heavy atom. The van der Waals surface area contributed by atoms with Gasteiger partial charge in [0.1, 0.15) is 23.1 Å². The number of nitrogens with two attached hydrogens (primary N) is 2. The molecule has 0 radical (unpaired) electrons. The van der Waals surface area contributed by atoms with E-state index < -0.39 is 11.7 Å². The van der Waals surface area contributed by atoms with Gasteiger partial charge in [0.2, 0.25) is 0 Å². The van der Waals surface area contributed by atoms with Gasteiger partial charge >= 0.3 is 0 Å². The molecule has 1 fully saturated rings. The first-order chi connectivity index (χ1) is 20.3. The number of carbonyl (C=O) groups excluding carboxylic acids is 2. The number of methoxy groups -OCH3 is 1. The Morgan fingerprint density at radius 2 is 1.93 bits per heavy atom. The Kier molecular flexibility index (Phi) is 9.94. The van der Waals surface area contributed by atoms with Crippen molar-refractivity contribution in [3.63, 3.8) is 0 Å². The third-order valence-corrected chi connectivity index (χ3v) is 7.55. The summed E-state index contributed by atoms with van der Waals surface area (Å²) in [6.45, 7) is 7.01. The summed E-state index contributed by atoms with van der Waals surface area (Å²) in [5, 5.41) is 8.51. The molecule has 1 unspecified atom stereocenters. The van der Waals surface area contributed by atoms with Crippen LogP contribution in [0.2, 0.25) is 0 Å². The van der Waals surface area contributed by atoms with E-state index in [1.165, 1.54) is 26.3 Å². The zero-order chi connectivity index (χ0) is 30.4. The van der Waals surface area contributed by atoms with Gasteiger partial charge in [0.05, 0.1) is 29.8 Å². The van der Waals surface area contributed by atoms with Gasteiger partial charge < -0.3 is 31.4 Å². The molecule has 6 N–H and O–H groups in total. The molecule has 1 atom stereocenters. The Balaban J connectivity index is 0.00000198. The molecular formula is C30H39FN8O3. The van der Waals surface area contributed by atoms with Crippen molar-refractivity contribution in [1.29, 1.82) is 0 Å². The van der Waals surface area contributed by atoms with Crippen LogP contribution in [0.3, 0.4) is 0 Å². The highest BCUT2D eigenvalue weighted by atomic mass is 19.1. The molecule has 2 aromatic carbocycles. The summed E-state index contributed by atoms with van der Waals surface area (Å²) in [5.41, 5.74) is 14.3. The third-order valence-electron chi connectivity index (χ3n) is 7.55. The standard InChI is InChI=1S/C29H34FN7O3.CH5N/c1-18(16-36-12-10-35(2)11-13-36)37-28(31)24(17-38)27(34-37)21-6-4-19(26-22(21)8-9-32-26)15-33-29(39)23-14-20(30)5-7-25(23)40-3;1-2/h4-9,14,17-18,32H,10-13,15-16,31H2,1-3H3,(H,33,39);2H2,1H3. The number of ether oxygens (including phenoxy) is 1. The summed E-state index contributed by atoms with van der Waals surface area (Å²) < 4.78 is 20.7. The molecule has 4 aromatic rings. The smallest absolute Gasteiger partial charge is 0.255 e. The predicted octanol–water partition coefficient (Wildman–Crippen LogP) is 2.89. The van der Waals surface area contributed by atoms with Gasteiger partial charge in [0.15, 0.2) is 6.29 Å². The summed E-state index contributed by atoms with van der Waals surface area (Å²) in [4.78, 5) is 32.9. The van der Waals surface area contributed by atoms with E-state index in [0.29, 0.717) is 17.1 Å². The average Bonchev–Trinajstić information content (AvgIpc) is 3.63. The number of H-pyrrole nitrogens is 1. The minimum absolute atomic E-state index is 0.0214. The van der Waals surface area contributed by atoms with Gasteiger partial charge in [0.25, 0.3) is 5.91 Å². The molecule has 0 spiro atoms. The van der Waals surface area contributed by atoms with E-state index in [2.05, 4.69) is 39.8 Å². The topological polar surface area (TPSA) is 148 Å². The van der Waals surface area contributed by atoms with Gasteiger partial charge in [-0.15, -0.1) is 0 Å². The summed E-state index contributed by atoms with van der Waals surface area (Å²) in [5.74, 6) is -0.347. The Labute approximate surface area is 244 Å². The zero-order valence-corrected chi connectivity index (χ0v) is 24.5. The lowest BCUT2D eigenvalue weighted by atomic mass is 10.0. The van der Waals surface area contributed by atoms with Crippen molar-refractivity contribution >= 4 is 28.9 Å². The number of aldehydes is 1. The normalized spacial score (nSPS) is 14.7. The number of hydrogen-bond donors (Lipinski definition) is 4. The highest BCUT2D eigenvalue weighted by Crippen LogP contribution is 2.34. The van der Waals surface area contributed by atoms with Crippen LogP contribution < -0.4 is 21.5 Å². The molecule has 0 aliphatic carbocycles. The number of piperazine rings is 1. The maximum atomic E-state index is 13.8. The number of anilines is 1. The van der Waals surface area contributed by atoms with Gasteiger partial charge in [-0.05, 0) is 50.8 Å². The van der Waals surface area contributed by atoms with Gasteiger partial charge in [-0.2, -0.15) is 5.10 Å². The van der Waals surface area contributed by atoms with Crippen LogP contribution in [-0.2, 0) is 6.54 Å². The van der Waals surface area contributed by atoms with E-state index in [0.717, 1.165) is 67.1 Å². The fourth-order valence-electron chi connectivity index (χ4n) is 5.29. The number of halogens is 1. The number of likely N-dealkylation sites (N-methyl/N-ethyl adjacent to an activating group) is 1. The van der Waals surface area contributed by atoms with Crippen LogP contribution in [0.5, 0.6) is 5.75 Å². The lowest BCUT2D eigenvalue weighted by Crippen LogP contribution is -2.46. The number of nitrogen functional groups attached to an aromatic ring is 1. The molecule has 42 heavy (non-hydrogen) atoms. The second kappa shape index (κ2) is 13.6. The second-order valence-corrected chi connectivity index (χ2v) is 10.2. The first-order valence-electron chi connectivity index (χ1n) is 13.8. The quantitative estimate of drug-likeness (QED) is 0.222. The van der Waals surface area contributed by atoms with Gasteiger partial charge in [-0.25, -0.2) is 9.07 Å². The highest BCUT2D eigenvalue weighted by molar-refractivity contribution is 6.02. The Hall–Kier alpha value is -4.26. The van der Waals surface area contributed by atoms with E-state index in [9.17, 15) is 14.0 Å². The number of aromatic nitrogens is 3. The second-order valence-electron chi connectivity index (χ2n) is 10.2. The van der Waals surface area contributed by atoms with Gasteiger partial charge in [0, 0.05) is 56.4 Å². The minimum Gasteiger partial charge on any atom is -0.496 e. The number of fused-ring (bicyclic) bond motifs is 1. The average molecular weight is 579 g/mol. The van der Waals surface area contributed by atoms with Crippen LogP contribution in [0.25, 0.3) is 22.2 Å². The minimum atomic E-state index is -0.524. The van der Waals surface area contributed by atoms with E-state index in [4.69, 9.17) is 15.6 Å². The van der Waals surface area contributed by atoms with Crippen molar-refractivity contribution in [3.05, 3.63) is 65.1 Å². The lowest BCUT2D eigenvalue weighted by molar-refractivity contribution is 0.0947. The van der Waals surface area contributed by atoms with Crippen molar-refractivity contribution < 1.29 is 18.7 Å². The summed E-state index contributed by atoms with van der Waals surface area (Å²) >= 11 is 0. The highest BCUT2D eigenvalue weighted by Gasteiger charge is 2.24. The van der Waals surface area contributed by atoms with Crippen LogP contribution in [0, 0.1) is 5.82 Å². The number of nitrogens with one attached hydrogen (secondary N) is 2. The monoisotopic (exact) mass is 578 g/mol. The number of hydrogen-bond acceptors (Lipinski definition) is 8. The van der Waals surface area contributed by atoms with Crippen LogP contribution in [0.15, 0.2) is 42.6 Å². The lowest BCUT2D eigenvalue weighted by Gasteiger charge is -2.34. The van der Waals surface area contributed by atoms with E-state index in [1.54, 1.807) is 10.9 Å². The summed E-state index contributed by atoms with van der Waals surface area (Å²) in [6, 6.07) is 9.44. The first-order valence-corrected chi connectivity index (χ1v) is 13.8. The zero-order valence-electron chi connectivity index (χ0n) is 24.5. The van der Waals surface area contributed by atoms with E-state index in [1.807, 2.05) is 18.2 Å². The molecule has 224 valence electrons. The molecule has 11 nitrogen and oxygen atoms in total. The van der Waals surface area contributed by atoms with Gasteiger partial charge in [-0.1, -0.05) is 12.1 Å². The Bertz CT molecular complexity index is 1540. The first kappa shape index (κ1) is 30.7. The fraction of sp³-hybridized carbons (Fsp3) is 0.367. The molecule has 3 heterocycles. The number of rotatable bonds is 9. The Morgan fingerprint density at radius 1 is 1.19 bits per heavy atom. The number of amides is 1. The summed E-state index contributed by atoms with van der Waals surface area (Å²) in [7, 11) is 5.05. The molecule has 1 amide bonds. The molecule has 1 aliphatic heterocycles. The number of benzene rings is 2. The van der Waals surface area contributed by atoms with Crippen LogP contribution >= 0.6 is 0 Å². The van der Waals surface area contributed by atoms with Crippen molar-refractivity contribution in [3.8, 4) is 17.0 Å². The third kappa shape index (κ3) is 6.30. The number of nitrogens with zero attached hydrogens (tertiary/aromatic N) is 4. The molecule has 12 heteroatoms. The predicted molar refractivity (Wildman–Crippen MR) is 162 cm³/mol. The number of aromatic amines is 1. The molecule has 0 bridgehead atoms. The van der Waals surface area contributed by atoms with Crippen molar-refractivity contribution in [1.82, 2.24) is 29.9 Å². The molecule has 1 aliphatic rings. The SMILES string of the molecule is CN.COc1ccc(F)cc1C(=O)NCc1ccc(-c2nn(C(C)CN3CCN(C)CC3)c(N)c2C=O)c2cc[nH]c12. The van der Waals surface area contributed by atoms with Crippen molar-refractivity contribution in [2.75, 3.05) is 59.7 Å². The number of carbonyl (C=O) groups is 2. The van der Waals surface area contributed by atoms with Gasteiger partial charge in [-0.3, -0.25) is 14.5 Å². The fourth-order valence-corrected chi connectivity index (χ4v) is 5.29. The van der Waals surface area contributed by atoms with E-state index in [-0.39, 0.29) is 23.9 Å². The van der Waals surface area contributed by atoms with Crippen LogP contribution in [0.4, 0.5) is 10.2 Å². The van der Waals surface area contributed by atoms with Crippen LogP contribution in [-0.4, -0.2) is 90.7 Å². The molecular weight excluding hydrogens is 539 g/mol. The maximum absolute atomic E-state index is 13.8. The largest absolute Gasteiger partial charge is 0.496 e. The molecule has 0 saturated carbocycles. The molecule has 5 rings (SSSR count). The molecule has 2 aromatic heterocycles. The van der Waals surface area contributed by atoms with Crippen molar-refractivity contribution in [2.24, 2.45) is 5.73 Å².